The van der Waals surface area contributed by atoms with E-state index in [1.807, 2.05) is 19.1 Å². The van der Waals surface area contributed by atoms with Gasteiger partial charge in [0.1, 0.15) is 5.75 Å². The van der Waals surface area contributed by atoms with Crippen molar-refractivity contribution >= 4 is 11.6 Å². The fourth-order valence-corrected chi connectivity index (χ4v) is 2.86. The zero-order valence-electron chi connectivity index (χ0n) is 10.6. The Morgan fingerprint density at radius 3 is 2.94 bits per heavy atom. The van der Waals surface area contributed by atoms with E-state index < -0.39 is 0 Å². The van der Waals surface area contributed by atoms with Crippen LogP contribution >= 0.6 is 11.6 Å². The van der Waals surface area contributed by atoms with Crippen molar-refractivity contribution in [3.63, 3.8) is 0 Å². The van der Waals surface area contributed by atoms with Gasteiger partial charge in [0, 0.05) is 18.2 Å². The van der Waals surface area contributed by atoms with Crippen molar-refractivity contribution in [1.82, 2.24) is 4.90 Å². The normalized spacial score (nSPS) is 22.9. The highest BCUT2D eigenvalue weighted by Gasteiger charge is 2.26. The first-order chi connectivity index (χ1) is 8.59. The highest BCUT2D eigenvalue weighted by molar-refractivity contribution is 6.32. The lowest BCUT2D eigenvalue weighted by atomic mass is 9.97. The number of aromatic hydroxyl groups is 1. The summed E-state index contributed by atoms with van der Waals surface area (Å²) in [6.45, 7) is 3.43. The van der Waals surface area contributed by atoms with Crippen LogP contribution in [0, 0.1) is 0 Å². The number of likely N-dealkylation sites (tertiary alicyclic amines) is 1. The lowest BCUT2D eigenvalue weighted by molar-refractivity contribution is 0.0313. The molecule has 2 N–H and O–H groups in total. The van der Waals surface area contributed by atoms with E-state index in [9.17, 15) is 10.2 Å². The average molecular weight is 270 g/mol. The predicted octanol–water partition coefficient (Wildman–Crippen LogP) is 2.78. The summed E-state index contributed by atoms with van der Waals surface area (Å²) in [6.07, 6.45) is 2.98. The molecule has 1 heterocycles. The second kappa shape index (κ2) is 5.91. The van der Waals surface area contributed by atoms with Gasteiger partial charge in [-0.2, -0.15) is 0 Å². The maximum atomic E-state index is 9.93. The number of rotatable bonds is 3. The number of aliphatic hydroxyl groups excluding tert-OH is 1. The number of benzene rings is 1. The quantitative estimate of drug-likeness (QED) is 0.887. The van der Waals surface area contributed by atoms with Gasteiger partial charge in [-0.3, -0.25) is 4.90 Å². The Balaban J connectivity index is 2.13. The molecule has 0 aliphatic carbocycles. The first-order valence-corrected chi connectivity index (χ1v) is 6.86. The third-order valence-electron chi connectivity index (χ3n) is 3.66. The number of aliphatic hydroxyl groups is 1. The molecule has 0 amide bonds. The molecule has 100 valence electrons. The second-order valence-corrected chi connectivity index (χ2v) is 5.43. The van der Waals surface area contributed by atoms with Crippen LogP contribution in [0.1, 0.15) is 31.7 Å². The summed E-state index contributed by atoms with van der Waals surface area (Å²) in [7, 11) is 0. The molecule has 1 aromatic carbocycles. The van der Waals surface area contributed by atoms with Crippen LogP contribution < -0.4 is 0 Å². The van der Waals surface area contributed by atoms with E-state index in [1.54, 1.807) is 6.07 Å². The summed E-state index contributed by atoms with van der Waals surface area (Å²) in [5, 5.41) is 20.1. The van der Waals surface area contributed by atoms with Crippen molar-refractivity contribution in [2.45, 2.75) is 44.9 Å². The zero-order valence-corrected chi connectivity index (χ0v) is 11.4. The lowest BCUT2D eigenvalue weighted by Crippen LogP contribution is -2.45. The molecule has 18 heavy (non-hydrogen) atoms. The van der Waals surface area contributed by atoms with Crippen LogP contribution in [0.5, 0.6) is 5.75 Å². The Labute approximate surface area is 113 Å². The van der Waals surface area contributed by atoms with Gasteiger partial charge in [0.25, 0.3) is 0 Å². The number of nitrogens with zero attached hydrogens (tertiary/aromatic N) is 1. The molecule has 2 atom stereocenters. The number of hydrogen-bond donors (Lipinski definition) is 2. The number of phenols is 1. The Morgan fingerprint density at radius 2 is 2.22 bits per heavy atom. The topological polar surface area (TPSA) is 43.7 Å². The van der Waals surface area contributed by atoms with Crippen LogP contribution in [0.25, 0.3) is 0 Å². The number of halogens is 1. The van der Waals surface area contributed by atoms with Crippen molar-refractivity contribution in [3.8, 4) is 5.75 Å². The molecule has 1 saturated heterocycles. The van der Waals surface area contributed by atoms with E-state index in [0.717, 1.165) is 31.4 Å². The average Bonchev–Trinajstić information content (AvgIpc) is 2.35. The van der Waals surface area contributed by atoms with Crippen LogP contribution in [0.3, 0.4) is 0 Å². The van der Waals surface area contributed by atoms with Crippen molar-refractivity contribution in [1.29, 1.82) is 0 Å². The second-order valence-electron chi connectivity index (χ2n) is 5.02. The molecule has 0 aromatic heterocycles. The largest absolute Gasteiger partial charge is 0.506 e. The minimum atomic E-state index is -0.341. The van der Waals surface area contributed by atoms with E-state index in [2.05, 4.69) is 4.90 Å². The minimum absolute atomic E-state index is 0.161. The molecule has 1 aliphatic heterocycles. The Kier molecular flexibility index (Phi) is 4.49. The number of piperidine rings is 1. The lowest BCUT2D eigenvalue weighted by Gasteiger charge is -2.37. The molecule has 1 aliphatic rings. The SMILES string of the molecule is CC(O)C1CCCCN1Cc1cccc(Cl)c1O. The van der Waals surface area contributed by atoms with Gasteiger partial charge in [0.15, 0.2) is 0 Å². The van der Waals surface area contributed by atoms with E-state index in [4.69, 9.17) is 11.6 Å². The van der Waals surface area contributed by atoms with Gasteiger partial charge in [-0.1, -0.05) is 30.2 Å². The molecule has 1 fully saturated rings. The molecule has 0 spiro atoms. The zero-order chi connectivity index (χ0) is 13.1. The highest BCUT2D eigenvalue weighted by Crippen LogP contribution is 2.30. The molecular formula is C14H20ClNO2. The summed E-state index contributed by atoms with van der Waals surface area (Å²) in [5.41, 5.74) is 0.829. The van der Waals surface area contributed by atoms with E-state index >= 15 is 0 Å². The van der Waals surface area contributed by atoms with Crippen LogP contribution in [-0.4, -0.2) is 33.8 Å². The Bertz CT molecular complexity index is 409. The summed E-state index contributed by atoms with van der Waals surface area (Å²) < 4.78 is 0. The van der Waals surface area contributed by atoms with Crippen molar-refractivity contribution in [3.05, 3.63) is 28.8 Å². The highest BCUT2D eigenvalue weighted by atomic mass is 35.5. The monoisotopic (exact) mass is 269 g/mol. The predicted molar refractivity (Wildman–Crippen MR) is 72.8 cm³/mol. The van der Waals surface area contributed by atoms with Gasteiger partial charge in [0.2, 0.25) is 0 Å². The van der Waals surface area contributed by atoms with E-state index in [0.29, 0.717) is 11.6 Å². The van der Waals surface area contributed by atoms with Crippen molar-refractivity contribution in [2.24, 2.45) is 0 Å². The summed E-state index contributed by atoms with van der Waals surface area (Å²) in [4.78, 5) is 2.24. The maximum Gasteiger partial charge on any atom is 0.138 e. The molecule has 4 heteroatoms. The van der Waals surface area contributed by atoms with Gasteiger partial charge in [0.05, 0.1) is 11.1 Å². The summed E-state index contributed by atoms with van der Waals surface area (Å²) in [5.74, 6) is 0.161. The number of para-hydroxylation sites is 1. The van der Waals surface area contributed by atoms with Crippen LogP contribution in [0.4, 0.5) is 0 Å². The molecule has 0 saturated carbocycles. The van der Waals surface area contributed by atoms with Gasteiger partial charge in [-0.25, -0.2) is 0 Å². The number of hydrogen-bond acceptors (Lipinski definition) is 3. The van der Waals surface area contributed by atoms with Crippen molar-refractivity contribution < 1.29 is 10.2 Å². The third kappa shape index (κ3) is 2.97. The fraction of sp³-hybridized carbons (Fsp3) is 0.571. The first kappa shape index (κ1) is 13.7. The Hall–Kier alpha value is -0.770. The number of phenolic OH excluding ortho intramolecular Hbond substituents is 1. The Morgan fingerprint density at radius 1 is 1.44 bits per heavy atom. The van der Waals surface area contributed by atoms with Crippen LogP contribution in [-0.2, 0) is 6.54 Å². The van der Waals surface area contributed by atoms with Gasteiger partial charge in [-0.05, 0) is 32.4 Å². The molecule has 1 aromatic rings. The van der Waals surface area contributed by atoms with E-state index in [-0.39, 0.29) is 17.9 Å². The minimum Gasteiger partial charge on any atom is -0.506 e. The van der Waals surface area contributed by atoms with Crippen LogP contribution in [0.2, 0.25) is 5.02 Å². The molecule has 3 nitrogen and oxygen atoms in total. The molecule has 0 radical (unpaired) electrons. The van der Waals surface area contributed by atoms with Crippen molar-refractivity contribution in [2.75, 3.05) is 6.54 Å². The van der Waals surface area contributed by atoms with Crippen LogP contribution in [0.15, 0.2) is 18.2 Å². The van der Waals surface area contributed by atoms with Gasteiger partial charge in [-0.15, -0.1) is 0 Å². The smallest absolute Gasteiger partial charge is 0.138 e. The molecule has 2 rings (SSSR count). The fourth-order valence-electron chi connectivity index (χ4n) is 2.67. The summed E-state index contributed by atoms with van der Waals surface area (Å²) in [6, 6.07) is 5.59. The first-order valence-electron chi connectivity index (χ1n) is 6.48. The maximum absolute atomic E-state index is 9.93. The van der Waals surface area contributed by atoms with Gasteiger partial charge < -0.3 is 10.2 Å². The van der Waals surface area contributed by atoms with Gasteiger partial charge >= 0.3 is 0 Å². The summed E-state index contributed by atoms with van der Waals surface area (Å²) >= 11 is 5.91. The molecule has 2 unspecified atom stereocenters. The molecule has 0 bridgehead atoms. The standard InChI is InChI=1S/C14H20ClNO2/c1-10(17)13-7-2-3-8-16(13)9-11-5-4-6-12(15)14(11)18/h4-6,10,13,17-18H,2-3,7-9H2,1H3. The molecular weight excluding hydrogens is 250 g/mol. The van der Waals surface area contributed by atoms with E-state index in [1.165, 1.54) is 0 Å². The third-order valence-corrected chi connectivity index (χ3v) is 3.97.